The summed E-state index contributed by atoms with van der Waals surface area (Å²) in [6.07, 6.45) is -0.727. The molecule has 9 heteroatoms. The van der Waals surface area contributed by atoms with Gasteiger partial charge in [0.15, 0.2) is 0 Å². The third-order valence-corrected chi connectivity index (χ3v) is 6.28. The highest BCUT2D eigenvalue weighted by Crippen LogP contribution is 2.35. The number of ether oxygens (including phenoxy) is 1. The number of alkyl halides is 2. The first-order chi connectivity index (χ1) is 15.7. The second kappa shape index (κ2) is 11.1. The molecule has 1 saturated heterocycles. The fraction of sp³-hybridized carbons (Fsp3) is 0.417. The fourth-order valence-corrected chi connectivity index (χ4v) is 4.38. The molecule has 2 atom stereocenters. The Morgan fingerprint density at radius 2 is 2.00 bits per heavy atom. The summed E-state index contributed by atoms with van der Waals surface area (Å²) in [5.74, 6) is -4.42. The smallest absolute Gasteiger partial charge is 0.410 e. The third-order valence-electron chi connectivity index (χ3n) is 5.79. The average Bonchev–Trinajstić information content (AvgIpc) is 2.79. The van der Waals surface area contributed by atoms with Crippen LogP contribution in [0.25, 0.3) is 0 Å². The summed E-state index contributed by atoms with van der Waals surface area (Å²) in [7, 11) is 0. The number of hydrogen-bond donors (Lipinski definition) is 2. The molecule has 6 nitrogen and oxygen atoms in total. The summed E-state index contributed by atoms with van der Waals surface area (Å²) in [5, 5.41) is 19.4. The Bertz CT molecular complexity index is 987. The molecular formula is C24H26BrF2NO5. The van der Waals surface area contributed by atoms with E-state index in [1.807, 2.05) is 6.07 Å². The Hall–Kier alpha value is -2.52. The van der Waals surface area contributed by atoms with Crippen molar-refractivity contribution in [2.45, 2.75) is 50.2 Å². The zero-order valence-corrected chi connectivity index (χ0v) is 19.5. The summed E-state index contributed by atoms with van der Waals surface area (Å²) in [4.78, 5) is 24.9. The maximum Gasteiger partial charge on any atom is 0.410 e. The summed E-state index contributed by atoms with van der Waals surface area (Å²) in [6, 6.07) is 12.0. The summed E-state index contributed by atoms with van der Waals surface area (Å²) in [6.45, 7) is 0.553. The third kappa shape index (κ3) is 6.51. The zero-order valence-electron chi connectivity index (χ0n) is 17.9. The van der Waals surface area contributed by atoms with Crippen LogP contribution in [-0.2, 0) is 17.1 Å². The molecule has 0 bridgehead atoms. The molecule has 1 heterocycles. The molecule has 1 aliphatic rings. The van der Waals surface area contributed by atoms with Gasteiger partial charge in [-0.05, 0) is 55.5 Å². The first kappa shape index (κ1) is 25.1. The SMILES string of the molecule is O=C(O)c1cccc(CCCN2C(=O)OCC[C@@H]2CC[C@@H](O)C(F)(F)c2cccc(Br)c2)c1. The monoisotopic (exact) mass is 525 g/mol. The van der Waals surface area contributed by atoms with Crippen LogP contribution in [0.5, 0.6) is 0 Å². The number of nitrogens with zero attached hydrogens (tertiary/aromatic N) is 1. The van der Waals surface area contributed by atoms with Crippen LogP contribution >= 0.6 is 15.9 Å². The quantitative estimate of drug-likeness (QED) is 0.443. The standard InChI is InChI=1S/C24H26BrF2NO5/c25-19-8-2-7-18(15-19)24(26,27)21(29)10-9-20-11-13-33-23(32)28(20)12-3-5-16-4-1-6-17(14-16)22(30)31/h1-2,4,6-8,14-15,20-21,29H,3,5,9-13H2,(H,30,31)/t20-,21+/m0/s1. The summed E-state index contributed by atoms with van der Waals surface area (Å²) < 4.78 is 35.1. The van der Waals surface area contributed by atoms with Gasteiger partial charge in [-0.15, -0.1) is 0 Å². The molecule has 0 aliphatic carbocycles. The number of aliphatic hydroxyl groups excluding tert-OH is 1. The van der Waals surface area contributed by atoms with Crippen LogP contribution in [0, 0.1) is 0 Å². The molecular weight excluding hydrogens is 500 g/mol. The normalized spacial score (nSPS) is 17.5. The lowest BCUT2D eigenvalue weighted by Gasteiger charge is -2.36. The highest BCUT2D eigenvalue weighted by molar-refractivity contribution is 9.10. The van der Waals surface area contributed by atoms with Gasteiger partial charge in [0.1, 0.15) is 6.10 Å². The highest BCUT2D eigenvalue weighted by Gasteiger charge is 2.41. The maximum atomic E-state index is 14.7. The largest absolute Gasteiger partial charge is 0.478 e. The number of rotatable bonds is 10. The minimum Gasteiger partial charge on any atom is -0.478 e. The lowest BCUT2D eigenvalue weighted by Crippen LogP contribution is -2.47. The minimum atomic E-state index is -3.42. The second-order valence-electron chi connectivity index (χ2n) is 8.09. The number of benzene rings is 2. The number of halogens is 3. The predicted octanol–water partition coefficient (Wildman–Crippen LogP) is 5.22. The highest BCUT2D eigenvalue weighted by atomic mass is 79.9. The first-order valence-corrected chi connectivity index (χ1v) is 11.6. The van der Waals surface area contributed by atoms with Crippen molar-refractivity contribution in [1.82, 2.24) is 4.90 Å². The van der Waals surface area contributed by atoms with E-state index in [4.69, 9.17) is 9.84 Å². The van der Waals surface area contributed by atoms with Crippen LogP contribution in [0.4, 0.5) is 13.6 Å². The van der Waals surface area contributed by atoms with Crippen LogP contribution < -0.4 is 0 Å². The molecule has 178 valence electrons. The second-order valence-corrected chi connectivity index (χ2v) is 9.00. The van der Waals surface area contributed by atoms with E-state index in [2.05, 4.69) is 15.9 Å². The lowest BCUT2D eigenvalue weighted by atomic mass is 9.96. The Balaban J connectivity index is 1.58. The van der Waals surface area contributed by atoms with E-state index < -0.39 is 24.1 Å². The lowest BCUT2D eigenvalue weighted by molar-refractivity contribution is -0.120. The molecule has 33 heavy (non-hydrogen) atoms. The van der Waals surface area contributed by atoms with Gasteiger partial charge in [0.25, 0.3) is 5.92 Å². The first-order valence-electron chi connectivity index (χ1n) is 10.8. The topological polar surface area (TPSA) is 87.1 Å². The Labute approximate surface area is 199 Å². The molecule has 1 aliphatic heterocycles. The van der Waals surface area contributed by atoms with E-state index in [1.54, 1.807) is 18.2 Å². The molecule has 1 amide bonds. The minimum absolute atomic E-state index is 0.172. The number of aliphatic hydroxyl groups is 1. The summed E-state index contributed by atoms with van der Waals surface area (Å²) in [5.41, 5.74) is 0.761. The number of hydrogen-bond acceptors (Lipinski definition) is 4. The van der Waals surface area contributed by atoms with E-state index in [9.17, 15) is 23.5 Å². The molecule has 0 spiro atoms. The molecule has 1 fully saturated rings. The number of carbonyl (C=O) groups excluding carboxylic acids is 1. The molecule has 0 unspecified atom stereocenters. The van der Waals surface area contributed by atoms with E-state index >= 15 is 0 Å². The molecule has 0 saturated carbocycles. The Kier molecular flexibility index (Phi) is 8.42. The van der Waals surface area contributed by atoms with E-state index in [0.29, 0.717) is 30.3 Å². The van der Waals surface area contributed by atoms with Crippen LogP contribution in [-0.4, -0.2) is 52.5 Å². The molecule has 0 radical (unpaired) electrons. The van der Waals surface area contributed by atoms with E-state index in [0.717, 1.165) is 5.56 Å². The van der Waals surface area contributed by atoms with Gasteiger partial charge >= 0.3 is 12.1 Å². The molecule has 2 aromatic rings. The molecule has 2 N–H and O–H groups in total. The Morgan fingerprint density at radius 3 is 2.73 bits per heavy atom. The van der Waals surface area contributed by atoms with E-state index in [1.165, 1.54) is 29.2 Å². The van der Waals surface area contributed by atoms with Crippen molar-refractivity contribution in [2.24, 2.45) is 0 Å². The number of aromatic carboxylic acids is 1. The van der Waals surface area contributed by atoms with Crippen LogP contribution in [0.1, 0.15) is 47.2 Å². The van der Waals surface area contributed by atoms with Gasteiger partial charge in [-0.25, -0.2) is 9.59 Å². The van der Waals surface area contributed by atoms with Crippen LogP contribution in [0.15, 0.2) is 53.0 Å². The van der Waals surface area contributed by atoms with Crippen LogP contribution in [0.2, 0.25) is 0 Å². The van der Waals surface area contributed by atoms with Crippen molar-refractivity contribution in [3.8, 4) is 0 Å². The molecule has 0 aromatic heterocycles. The molecule has 3 rings (SSSR count). The Morgan fingerprint density at radius 1 is 1.24 bits per heavy atom. The number of carboxylic acids is 1. The maximum absolute atomic E-state index is 14.7. The van der Waals surface area contributed by atoms with Gasteiger partial charge < -0.3 is 19.8 Å². The number of cyclic esters (lactones) is 1. The number of amides is 1. The van der Waals surface area contributed by atoms with Crippen LogP contribution in [0.3, 0.4) is 0 Å². The van der Waals surface area contributed by atoms with Crippen molar-refractivity contribution in [1.29, 1.82) is 0 Å². The van der Waals surface area contributed by atoms with Gasteiger partial charge in [0.05, 0.1) is 12.2 Å². The predicted molar refractivity (Wildman–Crippen MR) is 121 cm³/mol. The van der Waals surface area contributed by atoms with Gasteiger partial charge in [-0.3, -0.25) is 0 Å². The van der Waals surface area contributed by atoms with Crippen molar-refractivity contribution in [2.75, 3.05) is 13.2 Å². The van der Waals surface area contributed by atoms with Gasteiger partial charge in [0, 0.05) is 29.0 Å². The molecule has 2 aromatic carbocycles. The number of carboxylic acid groups (broad SMARTS) is 1. The van der Waals surface area contributed by atoms with Crippen molar-refractivity contribution in [3.63, 3.8) is 0 Å². The number of carbonyl (C=O) groups is 2. The van der Waals surface area contributed by atoms with E-state index in [-0.39, 0.29) is 36.6 Å². The van der Waals surface area contributed by atoms with Crippen molar-refractivity contribution in [3.05, 3.63) is 69.7 Å². The average molecular weight is 526 g/mol. The summed E-state index contributed by atoms with van der Waals surface area (Å²) >= 11 is 3.17. The van der Waals surface area contributed by atoms with Gasteiger partial charge in [0.2, 0.25) is 0 Å². The fourth-order valence-electron chi connectivity index (χ4n) is 3.98. The number of aryl methyl sites for hydroxylation is 1. The zero-order chi connectivity index (χ0) is 24.0. The van der Waals surface area contributed by atoms with Crippen molar-refractivity contribution < 1.29 is 33.3 Å². The van der Waals surface area contributed by atoms with Gasteiger partial charge in [-0.2, -0.15) is 8.78 Å². The van der Waals surface area contributed by atoms with Gasteiger partial charge in [-0.1, -0.05) is 40.2 Å². The van der Waals surface area contributed by atoms with Crippen molar-refractivity contribution >= 4 is 28.0 Å².